The van der Waals surface area contributed by atoms with E-state index < -0.39 is 0 Å². The molecular weight excluding hydrogens is 220 g/mol. The van der Waals surface area contributed by atoms with E-state index in [1.54, 1.807) is 0 Å². The van der Waals surface area contributed by atoms with Crippen molar-refractivity contribution in [3.8, 4) is 0 Å². The summed E-state index contributed by atoms with van der Waals surface area (Å²) in [4.78, 5) is 11.2. The molecule has 1 aliphatic heterocycles. The Labute approximate surface area is 103 Å². The fourth-order valence-electron chi connectivity index (χ4n) is 1.76. The highest BCUT2D eigenvalue weighted by Crippen LogP contribution is 2.06. The molecule has 5 nitrogen and oxygen atoms in total. The van der Waals surface area contributed by atoms with Crippen LogP contribution in [0, 0.1) is 0 Å². The van der Waals surface area contributed by atoms with Crippen LogP contribution in [0.3, 0.4) is 0 Å². The third-order valence-corrected chi connectivity index (χ3v) is 2.72. The number of hydrogen-bond donors (Lipinski definition) is 2. The van der Waals surface area contributed by atoms with Gasteiger partial charge in [-0.1, -0.05) is 0 Å². The van der Waals surface area contributed by atoms with E-state index in [9.17, 15) is 4.79 Å². The smallest absolute Gasteiger partial charge is 0.245 e. The van der Waals surface area contributed by atoms with Crippen LogP contribution in [0.5, 0.6) is 0 Å². The molecule has 17 heavy (non-hydrogen) atoms. The van der Waals surface area contributed by atoms with E-state index in [0.29, 0.717) is 19.3 Å². The molecule has 1 fully saturated rings. The number of rotatable bonds is 8. The fourth-order valence-corrected chi connectivity index (χ4v) is 1.76. The largest absolute Gasteiger partial charge is 0.378 e. The molecule has 0 aromatic heterocycles. The lowest BCUT2D eigenvalue weighted by Crippen LogP contribution is -2.33. The van der Waals surface area contributed by atoms with Gasteiger partial charge in [-0.2, -0.15) is 0 Å². The minimum Gasteiger partial charge on any atom is -0.378 e. The Hall–Kier alpha value is -0.650. The van der Waals surface area contributed by atoms with Gasteiger partial charge >= 0.3 is 0 Å². The normalized spacial score (nSPS) is 17.0. The maximum absolute atomic E-state index is 11.2. The van der Waals surface area contributed by atoms with Gasteiger partial charge in [0.2, 0.25) is 5.91 Å². The van der Waals surface area contributed by atoms with Crippen molar-refractivity contribution in [3.63, 3.8) is 0 Å². The SMILES string of the molecule is CCOCC(=O)NCCCOC1CCNCC1. The molecule has 1 aliphatic rings. The van der Waals surface area contributed by atoms with Crippen molar-refractivity contribution >= 4 is 5.91 Å². The molecule has 1 heterocycles. The van der Waals surface area contributed by atoms with E-state index in [4.69, 9.17) is 9.47 Å². The summed E-state index contributed by atoms with van der Waals surface area (Å²) in [6, 6.07) is 0. The van der Waals surface area contributed by atoms with E-state index in [1.165, 1.54) is 0 Å². The molecule has 2 N–H and O–H groups in total. The van der Waals surface area contributed by atoms with E-state index in [1.807, 2.05) is 6.92 Å². The molecule has 100 valence electrons. The summed E-state index contributed by atoms with van der Waals surface area (Å²) in [6.45, 7) is 6.10. The highest BCUT2D eigenvalue weighted by atomic mass is 16.5. The van der Waals surface area contributed by atoms with Crippen molar-refractivity contribution in [1.29, 1.82) is 0 Å². The van der Waals surface area contributed by atoms with Gasteiger partial charge in [-0.15, -0.1) is 0 Å². The highest BCUT2D eigenvalue weighted by Gasteiger charge is 2.12. The number of hydrogen-bond acceptors (Lipinski definition) is 4. The van der Waals surface area contributed by atoms with E-state index in [-0.39, 0.29) is 12.5 Å². The molecule has 0 aliphatic carbocycles. The number of nitrogens with one attached hydrogen (secondary N) is 2. The van der Waals surface area contributed by atoms with Crippen molar-refractivity contribution in [2.24, 2.45) is 0 Å². The highest BCUT2D eigenvalue weighted by molar-refractivity contribution is 5.77. The summed E-state index contributed by atoms with van der Waals surface area (Å²) in [6.07, 6.45) is 3.45. The molecule has 0 atom stereocenters. The Bertz CT molecular complexity index is 206. The van der Waals surface area contributed by atoms with E-state index in [2.05, 4.69) is 10.6 Å². The van der Waals surface area contributed by atoms with Crippen LogP contribution in [-0.4, -0.2) is 51.5 Å². The summed E-state index contributed by atoms with van der Waals surface area (Å²) >= 11 is 0. The number of amides is 1. The third kappa shape index (κ3) is 7.31. The molecule has 0 bridgehead atoms. The van der Waals surface area contributed by atoms with E-state index in [0.717, 1.165) is 39.0 Å². The van der Waals surface area contributed by atoms with Gasteiger partial charge in [0.15, 0.2) is 0 Å². The topological polar surface area (TPSA) is 59.6 Å². The lowest BCUT2D eigenvalue weighted by atomic mass is 10.1. The van der Waals surface area contributed by atoms with Gasteiger partial charge in [-0.25, -0.2) is 0 Å². The van der Waals surface area contributed by atoms with Gasteiger partial charge in [0, 0.05) is 19.8 Å². The Balaban J connectivity index is 1.88. The van der Waals surface area contributed by atoms with Crippen LogP contribution in [0.25, 0.3) is 0 Å². The van der Waals surface area contributed by atoms with Crippen LogP contribution < -0.4 is 10.6 Å². The maximum Gasteiger partial charge on any atom is 0.245 e. The standard InChI is InChI=1S/C12H24N2O3/c1-2-16-10-12(15)14-6-3-9-17-11-4-7-13-8-5-11/h11,13H,2-10H2,1H3,(H,14,15). The Kier molecular flexibility index (Phi) is 7.96. The van der Waals surface area contributed by atoms with Crippen molar-refractivity contribution in [2.45, 2.75) is 32.3 Å². The predicted molar refractivity (Wildman–Crippen MR) is 66.0 cm³/mol. The Morgan fingerprint density at radius 1 is 1.41 bits per heavy atom. The molecule has 5 heteroatoms. The first-order valence-electron chi connectivity index (χ1n) is 6.49. The van der Waals surface area contributed by atoms with Crippen LogP contribution in [0.1, 0.15) is 26.2 Å². The van der Waals surface area contributed by atoms with Crippen molar-refractivity contribution < 1.29 is 14.3 Å². The zero-order valence-electron chi connectivity index (χ0n) is 10.7. The van der Waals surface area contributed by atoms with Crippen LogP contribution in [-0.2, 0) is 14.3 Å². The molecule has 0 aromatic rings. The Morgan fingerprint density at radius 2 is 2.18 bits per heavy atom. The van der Waals surface area contributed by atoms with Crippen LogP contribution in [0.4, 0.5) is 0 Å². The van der Waals surface area contributed by atoms with Crippen molar-refractivity contribution in [2.75, 3.05) is 39.5 Å². The lowest BCUT2D eigenvalue weighted by Gasteiger charge is -2.22. The average molecular weight is 244 g/mol. The minimum atomic E-state index is -0.0475. The molecule has 1 amide bonds. The second-order valence-electron chi connectivity index (χ2n) is 4.16. The van der Waals surface area contributed by atoms with Crippen LogP contribution in [0.15, 0.2) is 0 Å². The van der Waals surface area contributed by atoms with Crippen molar-refractivity contribution in [1.82, 2.24) is 10.6 Å². The first-order chi connectivity index (χ1) is 8.33. The fraction of sp³-hybridized carbons (Fsp3) is 0.917. The first-order valence-corrected chi connectivity index (χ1v) is 6.49. The maximum atomic E-state index is 11.2. The summed E-state index contributed by atoms with van der Waals surface area (Å²) in [5, 5.41) is 6.10. The number of carbonyl (C=O) groups is 1. The van der Waals surface area contributed by atoms with Crippen LogP contribution in [0.2, 0.25) is 0 Å². The minimum absolute atomic E-state index is 0.0475. The summed E-state index contributed by atoms with van der Waals surface area (Å²) in [7, 11) is 0. The van der Waals surface area contributed by atoms with Gasteiger partial charge < -0.3 is 20.1 Å². The number of carbonyl (C=O) groups excluding carboxylic acids is 1. The zero-order valence-corrected chi connectivity index (χ0v) is 10.7. The van der Waals surface area contributed by atoms with Gasteiger partial charge in [0.25, 0.3) is 0 Å². The third-order valence-electron chi connectivity index (χ3n) is 2.72. The predicted octanol–water partition coefficient (Wildman–Crippen LogP) is 0.298. The average Bonchev–Trinajstić information content (AvgIpc) is 2.37. The van der Waals surface area contributed by atoms with Gasteiger partial charge in [-0.05, 0) is 39.3 Å². The van der Waals surface area contributed by atoms with Gasteiger partial charge in [0.1, 0.15) is 6.61 Å². The van der Waals surface area contributed by atoms with Crippen LogP contribution >= 0.6 is 0 Å². The van der Waals surface area contributed by atoms with Crippen molar-refractivity contribution in [3.05, 3.63) is 0 Å². The molecule has 0 spiro atoms. The molecule has 0 saturated carbocycles. The second-order valence-corrected chi connectivity index (χ2v) is 4.16. The monoisotopic (exact) mass is 244 g/mol. The molecular formula is C12H24N2O3. The summed E-state index contributed by atoms with van der Waals surface area (Å²) in [5.74, 6) is -0.0475. The molecule has 0 radical (unpaired) electrons. The number of piperidine rings is 1. The summed E-state index contributed by atoms with van der Waals surface area (Å²) in [5.41, 5.74) is 0. The quantitative estimate of drug-likeness (QED) is 0.603. The van der Waals surface area contributed by atoms with Gasteiger partial charge in [0.05, 0.1) is 6.10 Å². The Morgan fingerprint density at radius 3 is 2.88 bits per heavy atom. The molecule has 1 saturated heterocycles. The van der Waals surface area contributed by atoms with E-state index >= 15 is 0 Å². The van der Waals surface area contributed by atoms with Gasteiger partial charge in [-0.3, -0.25) is 4.79 Å². The number of ether oxygens (including phenoxy) is 2. The molecule has 0 unspecified atom stereocenters. The first kappa shape index (κ1) is 14.4. The molecule has 0 aromatic carbocycles. The molecule has 1 rings (SSSR count). The zero-order chi connectivity index (χ0) is 12.3. The lowest BCUT2D eigenvalue weighted by molar-refractivity contribution is -0.125. The summed E-state index contributed by atoms with van der Waals surface area (Å²) < 4.78 is 10.7. The second kappa shape index (κ2) is 9.39.